The van der Waals surface area contributed by atoms with Gasteiger partial charge in [0.1, 0.15) is 0 Å². The lowest BCUT2D eigenvalue weighted by Gasteiger charge is -2.31. The second-order valence-electron chi connectivity index (χ2n) is 5.19. The minimum Gasteiger partial charge on any atom is -0.465 e. The average molecular weight is 277 g/mol. The van der Waals surface area contributed by atoms with Crippen LogP contribution in [0.2, 0.25) is 0 Å². The van der Waals surface area contributed by atoms with Gasteiger partial charge in [-0.3, -0.25) is 0 Å². The Morgan fingerprint density at radius 2 is 2.30 bits per heavy atom. The number of methoxy groups -OCH3 is 1. The molecule has 1 aliphatic rings. The van der Waals surface area contributed by atoms with Gasteiger partial charge in [0.2, 0.25) is 0 Å². The number of aromatic nitrogens is 1. The Bertz CT molecular complexity index is 476. The van der Waals surface area contributed by atoms with Gasteiger partial charge >= 0.3 is 5.97 Å². The molecule has 2 N–H and O–H groups in total. The molecule has 0 bridgehead atoms. The van der Waals surface area contributed by atoms with E-state index >= 15 is 0 Å². The highest BCUT2D eigenvalue weighted by Crippen LogP contribution is 2.30. The molecule has 5 heteroatoms. The molecule has 1 aromatic heterocycles. The smallest absolute Gasteiger partial charge is 0.340 e. The molecule has 20 heavy (non-hydrogen) atoms. The Kier molecular flexibility index (Phi) is 4.82. The number of nitrogens with zero attached hydrogens (tertiary/aromatic N) is 2. The first kappa shape index (κ1) is 14.6. The van der Waals surface area contributed by atoms with Crippen LogP contribution in [0.5, 0.6) is 0 Å². The summed E-state index contributed by atoms with van der Waals surface area (Å²) in [6.45, 7) is 3.13. The molecule has 1 aliphatic heterocycles. The highest BCUT2D eigenvalue weighted by atomic mass is 16.5. The van der Waals surface area contributed by atoms with Crippen LogP contribution in [-0.2, 0) is 4.74 Å². The van der Waals surface area contributed by atoms with Gasteiger partial charge in [-0.1, -0.05) is 19.8 Å². The summed E-state index contributed by atoms with van der Waals surface area (Å²) in [5, 5.41) is 0. The summed E-state index contributed by atoms with van der Waals surface area (Å²) in [4.78, 5) is 18.4. The number of carbonyl (C=O) groups is 1. The standard InChI is InChI=1S/C15H23N3O2/c1-3-11-7-5-4-6-10-18(11)14-13(16)12(8-9-17-14)15(19)20-2/h8-9,11H,3-7,10,16H2,1-2H3. The van der Waals surface area contributed by atoms with Crippen LogP contribution >= 0.6 is 0 Å². The van der Waals surface area contributed by atoms with Gasteiger partial charge < -0.3 is 15.4 Å². The molecule has 1 saturated heterocycles. The van der Waals surface area contributed by atoms with E-state index in [0.29, 0.717) is 17.3 Å². The summed E-state index contributed by atoms with van der Waals surface area (Å²) in [7, 11) is 1.36. The summed E-state index contributed by atoms with van der Waals surface area (Å²) in [6, 6.07) is 2.06. The minimum absolute atomic E-state index is 0.400. The molecule has 2 rings (SSSR count). The molecule has 1 unspecified atom stereocenters. The van der Waals surface area contributed by atoms with E-state index in [2.05, 4.69) is 16.8 Å². The zero-order valence-electron chi connectivity index (χ0n) is 12.3. The molecule has 2 heterocycles. The third-order valence-corrected chi connectivity index (χ3v) is 3.99. The van der Waals surface area contributed by atoms with Gasteiger partial charge in [0, 0.05) is 18.8 Å². The van der Waals surface area contributed by atoms with Crippen molar-refractivity contribution in [3.05, 3.63) is 17.8 Å². The van der Waals surface area contributed by atoms with E-state index in [4.69, 9.17) is 10.5 Å². The van der Waals surface area contributed by atoms with Crippen molar-refractivity contribution in [1.82, 2.24) is 4.98 Å². The molecule has 0 aromatic carbocycles. The van der Waals surface area contributed by atoms with Crippen LogP contribution in [-0.4, -0.2) is 30.6 Å². The monoisotopic (exact) mass is 277 g/mol. The Labute approximate surface area is 120 Å². The number of esters is 1. The average Bonchev–Trinajstić information content (AvgIpc) is 2.71. The number of pyridine rings is 1. The van der Waals surface area contributed by atoms with Crippen molar-refractivity contribution in [1.29, 1.82) is 0 Å². The second-order valence-corrected chi connectivity index (χ2v) is 5.19. The van der Waals surface area contributed by atoms with E-state index in [1.165, 1.54) is 20.0 Å². The van der Waals surface area contributed by atoms with E-state index in [0.717, 1.165) is 31.6 Å². The van der Waals surface area contributed by atoms with E-state index in [-0.39, 0.29) is 0 Å². The number of hydrogen-bond acceptors (Lipinski definition) is 5. The molecule has 0 aliphatic carbocycles. The fraction of sp³-hybridized carbons (Fsp3) is 0.600. The zero-order valence-corrected chi connectivity index (χ0v) is 12.3. The number of rotatable bonds is 3. The van der Waals surface area contributed by atoms with Crippen molar-refractivity contribution in [2.75, 3.05) is 24.3 Å². The van der Waals surface area contributed by atoms with Crippen molar-refractivity contribution < 1.29 is 9.53 Å². The maximum Gasteiger partial charge on any atom is 0.340 e. The Morgan fingerprint density at radius 1 is 1.50 bits per heavy atom. The molecule has 1 aromatic rings. The van der Waals surface area contributed by atoms with Crippen LogP contribution in [0.4, 0.5) is 11.5 Å². The summed E-state index contributed by atoms with van der Waals surface area (Å²) in [6.07, 6.45) is 7.47. The second kappa shape index (κ2) is 6.59. The van der Waals surface area contributed by atoms with Crippen LogP contribution in [0.1, 0.15) is 49.4 Å². The van der Waals surface area contributed by atoms with E-state index in [9.17, 15) is 4.79 Å². The van der Waals surface area contributed by atoms with Crippen molar-refractivity contribution in [3.8, 4) is 0 Å². The van der Waals surface area contributed by atoms with Crippen molar-refractivity contribution in [2.24, 2.45) is 0 Å². The first-order valence-electron chi connectivity index (χ1n) is 7.28. The third-order valence-electron chi connectivity index (χ3n) is 3.99. The van der Waals surface area contributed by atoms with Crippen molar-refractivity contribution in [3.63, 3.8) is 0 Å². The topological polar surface area (TPSA) is 68.5 Å². The lowest BCUT2D eigenvalue weighted by Crippen LogP contribution is -2.35. The Hall–Kier alpha value is -1.78. The molecule has 0 saturated carbocycles. The summed E-state index contributed by atoms with van der Waals surface area (Å²) >= 11 is 0. The van der Waals surface area contributed by atoms with E-state index in [1.807, 2.05) is 0 Å². The highest BCUT2D eigenvalue weighted by molar-refractivity contribution is 5.97. The predicted molar refractivity (Wildman–Crippen MR) is 79.9 cm³/mol. The number of hydrogen-bond donors (Lipinski definition) is 1. The Morgan fingerprint density at radius 3 is 3.00 bits per heavy atom. The van der Waals surface area contributed by atoms with Crippen LogP contribution in [0.3, 0.4) is 0 Å². The normalized spacial score (nSPS) is 19.5. The molecular weight excluding hydrogens is 254 g/mol. The van der Waals surface area contributed by atoms with Crippen LogP contribution < -0.4 is 10.6 Å². The molecule has 0 amide bonds. The third kappa shape index (κ3) is 2.86. The number of nitrogen functional groups attached to an aromatic ring is 1. The molecule has 1 fully saturated rings. The van der Waals surface area contributed by atoms with Crippen LogP contribution in [0.25, 0.3) is 0 Å². The number of carbonyl (C=O) groups excluding carboxylic acids is 1. The van der Waals surface area contributed by atoms with E-state index < -0.39 is 5.97 Å². The molecule has 0 radical (unpaired) electrons. The maximum atomic E-state index is 11.7. The van der Waals surface area contributed by atoms with Crippen LogP contribution in [0, 0.1) is 0 Å². The number of nitrogens with two attached hydrogens (primary N) is 1. The fourth-order valence-corrected chi connectivity index (χ4v) is 2.86. The fourth-order valence-electron chi connectivity index (χ4n) is 2.86. The molecule has 5 nitrogen and oxygen atoms in total. The minimum atomic E-state index is -0.408. The lowest BCUT2D eigenvalue weighted by atomic mass is 10.1. The summed E-state index contributed by atoms with van der Waals surface area (Å²) in [5.74, 6) is 0.315. The quantitative estimate of drug-likeness (QED) is 0.860. The lowest BCUT2D eigenvalue weighted by molar-refractivity contribution is 0.0602. The largest absolute Gasteiger partial charge is 0.465 e. The summed E-state index contributed by atoms with van der Waals surface area (Å²) in [5.41, 5.74) is 6.98. The van der Waals surface area contributed by atoms with Gasteiger partial charge in [-0.15, -0.1) is 0 Å². The Balaban J connectivity index is 2.37. The number of anilines is 2. The van der Waals surface area contributed by atoms with Gasteiger partial charge in [-0.25, -0.2) is 9.78 Å². The van der Waals surface area contributed by atoms with Crippen LogP contribution in [0.15, 0.2) is 12.3 Å². The molecule has 1 atom stereocenters. The first-order valence-corrected chi connectivity index (χ1v) is 7.28. The van der Waals surface area contributed by atoms with Gasteiger partial charge in [0.25, 0.3) is 0 Å². The van der Waals surface area contributed by atoms with Gasteiger partial charge in [-0.05, 0) is 25.3 Å². The molecule has 110 valence electrons. The van der Waals surface area contributed by atoms with E-state index in [1.54, 1.807) is 12.3 Å². The molecule has 0 spiro atoms. The van der Waals surface area contributed by atoms with Gasteiger partial charge in [0.15, 0.2) is 5.82 Å². The van der Waals surface area contributed by atoms with Gasteiger partial charge in [-0.2, -0.15) is 0 Å². The summed E-state index contributed by atoms with van der Waals surface area (Å²) < 4.78 is 4.77. The van der Waals surface area contributed by atoms with Gasteiger partial charge in [0.05, 0.1) is 18.4 Å². The predicted octanol–water partition coefficient (Wildman–Crippen LogP) is 2.61. The SMILES string of the molecule is CCC1CCCCCN1c1nccc(C(=O)OC)c1N. The highest BCUT2D eigenvalue weighted by Gasteiger charge is 2.24. The zero-order chi connectivity index (χ0) is 14.5. The number of ether oxygens (including phenoxy) is 1. The van der Waals surface area contributed by atoms with Crippen molar-refractivity contribution >= 4 is 17.5 Å². The molecular formula is C15H23N3O2. The van der Waals surface area contributed by atoms with Crippen molar-refractivity contribution in [2.45, 2.75) is 45.1 Å². The first-order chi connectivity index (χ1) is 9.69. The maximum absolute atomic E-state index is 11.7.